The van der Waals surface area contributed by atoms with Crippen molar-refractivity contribution in [2.45, 2.75) is 6.42 Å². The topological polar surface area (TPSA) is 103 Å². The van der Waals surface area contributed by atoms with Gasteiger partial charge in [0.15, 0.2) is 5.69 Å². The normalized spacial score (nSPS) is 10.8. The Kier molecular flexibility index (Phi) is 3.38. The summed E-state index contributed by atoms with van der Waals surface area (Å²) in [6.45, 7) is 0. The predicted molar refractivity (Wildman–Crippen MR) is 80.2 cm³/mol. The molecule has 0 atom stereocenters. The van der Waals surface area contributed by atoms with E-state index in [-0.39, 0.29) is 11.6 Å². The first kappa shape index (κ1) is 13.9. The van der Waals surface area contributed by atoms with Gasteiger partial charge in [-0.2, -0.15) is 0 Å². The molecule has 0 unspecified atom stereocenters. The molecule has 7 nitrogen and oxygen atoms in total. The third-order valence-electron chi connectivity index (χ3n) is 3.39. The lowest BCUT2D eigenvalue weighted by molar-refractivity contribution is 0.0693. The molecule has 0 saturated heterocycles. The van der Waals surface area contributed by atoms with Gasteiger partial charge in [0.25, 0.3) is 0 Å². The zero-order valence-electron chi connectivity index (χ0n) is 11.9. The largest absolute Gasteiger partial charge is 0.496 e. The van der Waals surface area contributed by atoms with Crippen molar-refractivity contribution in [1.82, 2.24) is 14.4 Å². The van der Waals surface area contributed by atoms with Gasteiger partial charge < -0.3 is 15.6 Å². The van der Waals surface area contributed by atoms with Crippen LogP contribution in [-0.2, 0) is 6.42 Å². The van der Waals surface area contributed by atoms with Gasteiger partial charge in [-0.1, -0.05) is 18.2 Å². The Morgan fingerprint density at radius 2 is 2.14 bits per heavy atom. The number of imidazole rings is 1. The highest BCUT2D eigenvalue weighted by atomic mass is 16.5. The van der Waals surface area contributed by atoms with Crippen molar-refractivity contribution in [3.63, 3.8) is 0 Å². The number of anilines is 1. The van der Waals surface area contributed by atoms with Crippen molar-refractivity contribution in [2.24, 2.45) is 0 Å². The van der Waals surface area contributed by atoms with Crippen LogP contribution in [-0.4, -0.2) is 32.6 Å². The van der Waals surface area contributed by atoms with Crippen molar-refractivity contribution in [3.05, 3.63) is 53.6 Å². The number of hydrogen-bond acceptors (Lipinski definition) is 5. The summed E-state index contributed by atoms with van der Waals surface area (Å²) in [5.41, 5.74) is 7.15. The van der Waals surface area contributed by atoms with E-state index in [0.29, 0.717) is 23.5 Å². The van der Waals surface area contributed by atoms with Crippen molar-refractivity contribution >= 4 is 17.4 Å². The Bertz CT molecular complexity index is 857. The van der Waals surface area contributed by atoms with Crippen LogP contribution in [0.1, 0.15) is 21.9 Å². The molecule has 0 amide bonds. The van der Waals surface area contributed by atoms with Gasteiger partial charge in [-0.3, -0.25) is 4.40 Å². The van der Waals surface area contributed by atoms with Crippen LogP contribution in [0.15, 0.2) is 36.5 Å². The fraction of sp³-hybridized carbons (Fsp3) is 0.133. The number of benzene rings is 1. The number of rotatable bonds is 4. The van der Waals surface area contributed by atoms with Crippen LogP contribution in [0.2, 0.25) is 0 Å². The van der Waals surface area contributed by atoms with Crippen LogP contribution in [0, 0.1) is 0 Å². The summed E-state index contributed by atoms with van der Waals surface area (Å²) in [5, 5.41) is 9.29. The fourth-order valence-electron chi connectivity index (χ4n) is 2.43. The standard InChI is InChI=1S/C15H14N4O3/c1-22-11-5-3-2-4-9(11)8-12-18-13(14(20)21)10-6-7-17-15(16)19(10)12/h2-7H,8H2,1H3,(H2,16,17)(H,20,21). The lowest BCUT2D eigenvalue weighted by Gasteiger charge is -2.08. The summed E-state index contributed by atoms with van der Waals surface area (Å²) in [7, 11) is 1.58. The molecule has 0 aliphatic heterocycles. The molecule has 3 rings (SSSR count). The maximum Gasteiger partial charge on any atom is 0.356 e. The summed E-state index contributed by atoms with van der Waals surface area (Å²) in [5.74, 6) is 0.304. The van der Waals surface area contributed by atoms with E-state index < -0.39 is 5.97 Å². The predicted octanol–water partition coefficient (Wildman–Crippen LogP) is 1.61. The molecule has 3 aromatic rings. The van der Waals surface area contributed by atoms with E-state index in [1.54, 1.807) is 17.6 Å². The van der Waals surface area contributed by atoms with E-state index in [0.717, 1.165) is 5.56 Å². The van der Waals surface area contributed by atoms with Crippen molar-refractivity contribution in [2.75, 3.05) is 12.8 Å². The molecular formula is C15H14N4O3. The number of nitrogens with two attached hydrogens (primary N) is 1. The first-order valence-electron chi connectivity index (χ1n) is 6.59. The van der Waals surface area contributed by atoms with Crippen LogP contribution in [0.4, 0.5) is 5.95 Å². The highest BCUT2D eigenvalue weighted by molar-refractivity contribution is 5.94. The molecule has 0 bridgehead atoms. The zero-order chi connectivity index (χ0) is 15.7. The molecule has 2 aromatic heterocycles. The second-order valence-electron chi connectivity index (χ2n) is 4.69. The molecule has 0 spiro atoms. The number of hydrogen-bond donors (Lipinski definition) is 2. The van der Waals surface area contributed by atoms with Crippen LogP contribution in [0.3, 0.4) is 0 Å². The minimum atomic E-state index is -1.10. The lowest BCUT2D eigenvalue weighted by atomic mass is 10.1. The first-order valence-corrected chi connectivity index (χ1v) is 6.59. The Hall–Kier alpha value is -3.09. The van der Waals surface area contributed by atoms with Gasteiger partial charge in [0, 0.05) is 18.2 Å². The van der Waals surface area contributed by atoms with Gasteiger partial charge in [0.1, 0.15) is 11.6 Å². The Labute approximate surface area is 126 Å². The van der Waals surface area contributed by atoms with E-state index in [1.807, 2.05) is 24.3 Å². The quantitative estimate of drug-likeness (QED) is 0.758. The van der Waals surface area contributed by atoms with Gasteiger partial charge in [-0.15, -0.1) is 0 Å². The van der Waals surface area contributed by atoms with Gasteiger partial charge in [-0.25, -0.2) is 14.8 Å². The number of aromatic nitrogens is 3. The monoisotopic (exact) mass is 298 g/mol. The first-order chi connectivity index (χ1) is 10.6. The van der Waals surface area contributed by atoms with Crippen LogP contribution in [0.25, 0.3) is 5.52 Å². The number of carboxylic acids is 1. The Balaban J connectivity index is 2.17. The molecular weight excluding hydrogens is 284 g/mol. The second-order valence-corrected chi connectivity index (χ2v) is 4.69. The molecule has 0 saturated carbocycles. The highest BCUT2D eigenvalue weighted by Gasteiger charge is 2.19. The van der Waals surface area contributed by atoms with Crippen molar-refractivity contribution in [1.29, 1.82) is 0 Å². The van der Waals surface area contributed by atoms with Crippen LogP contribution in [0.5, 0.6) is 5.75 Å². The molecule has 7 heteroatoms. The van der Waals surface area contributed by atoms with E-state index in [2.05, 4.69) is 9.97 Å². The Morgan fingerprint density at radius 1 is 1.36 bits per heavy atom. The fourth-order valence-corrected chi connectivity index (χ4v) is 2.43. The van der Waals surface area contributed by atoms with E-state index in [1.165, 1.54) is 6.20 Å². The number of fused-ring (bicyclic) bond motifs is 1. The number of nitrogens with zero attached hydrogens (tertiary/aromatic N) is 3. The molecule has 1 aromatic carbocycles. The molecule has 3 N–H and O–H groups in total. The lowest BCUT2D eigenvalue weighted by Crippen LogP contribution is -2.04. The van der Waals surface area contributed by atoms with E-state index in [9.17, 15) is 9.90 Å². The maximum atomic E-state index is 11.4. The number of para-hydroxylation sites is 1. The van der Waals surface area contributed by atoms with Crippen LogP contribution < -0.4 is 10.5 Å². The average Bonchev–Trinajstić information content (AvgIpc) is 2.88. The summed E-state index contributed by atoms with van der Waals surface area (Å²) in [6.07, 6.45) is 1.85. The molecule has 0 radical (unpaired) electrons. The minimum absolute atomic E-state index is 0.0426. The SMILES string of the molecule is COc1ccccc1Cc1nc(C(=O)O)c2ccnc(N)n12. The number of methoxy groups -OCH3 is 1. The van der Waals surface area contributed by atoms with Gasteiger partial charge in [0.05, 0.1) is 12.6 Å². The molecule has 2 heterocycles. The minimum Gasteiger partial charge on any atom is -0.496 e. The van der Waals surface area contributed by atoms with Crippen LogP contribution >= 0.6 is 0 Å². The third kappa shape index (κ3) is 2.22. The summed E-state index contributed by atoms with van der Waals surface area (Å²) < 4.78 is 6.87. The van der Waals surface area contributed by atoms with Gasteiger partial charge in [-0.05, 0) is 12.1 Å². The van der Waals surface area contributed by atoms with Crippen molar-refractivity contribution in [3.8, 4) is 5.75 Å². The average molecular weight is 298 g/mol. The molecule has 0 aliphatic carbocycles. The number of carbonyl (C=O) groups is 1. The number of carboxylic acid groups (broad SMARTS) is 1. The number of ether oxygens (including phenoxy) is 1. The maximum absolute atomic E-state index is 11.4. The van der Waals surface area contributed by atoms with Gasteiger partial charge in [0.2, 0.25) is 5.95 Å². The second kappa shape index (κ2) is 5.36. The van der Waals surface area contributed by atoms with Crippen molar-refractivity contribution < 1.29 is 14.6 Å². The third-order valence-corrected chi connectivity index (χ3v) is 3.39. The van der Waals surface area contributed by atoms with E-state index >= 15 is 0 Å². The zero-order valence-corrected chi connectivity index (χ0v) is 11.9. The molecule has 22 heavy (non-hydrogen) atoms. The number of aromatic carboxylic acids is 1. The van der Waals surface area contributed by atoms with E-state index in [4.69, 9.17) is 10.5 Å². The smallest absolute Gasteiger partial charge is 0.356 e. The summed E-state index contributed by atoms with van der Waals surface area (Å²) >= 11 is 0. The molecule has 112 valence electrons. The van der Waals surface area contributed by atoms with Gasteiger partial charge >= 0.3 is 5.97 Å². The molecule has 0 aliphatic rings. The highest BCUT2D eigenvalue weighted by Crippen LogP contribution is 2.23. The summed E-state index contributed by atoms with van der Waals surface area (Å²) in [6, 6.07) is 9.06. The molecule has 0 fully saturated rings. The summed E-state index contributed by atoms with van der Waals surface area (Å²) in [4.78, 5) is 19.6. The Morgan fingerprint density at radius 3 is 2.86 bits per heavy atom. The number of nitrogen functional groups attached to an aromatic ring is 1.